The minimum absolute atomic E-state index is 0.0798. The Morgan fingerprint density at radius 1 is 1.42 bits per heavy atom. The number of hydrogen-bond acceptors (Lipinski definition) is 4. The Labute approximate surface area is 114 Å². The summed E-state index contributed by atoms with van der Waals surface area (Å²) in [7, 11) is 0. The molecule has 108 valence electrons. The Kier molecular flexibility index (Phi) is 4.13. The van der Waals surface area contributed by atoms with Crippen molar-refractivity contribution in [1.82, 2.24) is 4.90 Å². The van der Waals surface area contributed by atoms with E-state index < -0.39 is 5.60 Å². The minimum atomic E-state index is -0.496. The number of hydrogen-bond donors (Lipinski definition) is 0. The number of rotatable bonds is 1. The summed E-state index contributed by atoms with van der Waals surface area (Å²) in [5, 5.41) is 0. The van der Waals surface area contributed by atoms with Crippen molar-refractivity contribution in [3.05, 3.63) is 0 Å². The molecule has 0 aromatic rings. The lowest BCUT2D eigenvalue weighted by atomic mass is 9.84. The van der Waals surface area contributed by atoms with Crippen molar-refractivity contribution in [2.24, 2.45) is 11.8 Å². The molecule has 19 heavy (non-hydrogen) atoms. The van der Waals surface area contributed by atoms with Crippen molar-refractivity contribution in [2.45, 2.75) is 39.2 Å². The first kappa shape index (κ1) is 14.3. The highest BCUT2D eigenvalue weighted by Crippen LogP contribution is 2.28. The van der Waals surface area contributed by atoms with Gasteiger partial charge in [0.1, 0.15) is 11.4 Å². The number of ketones is 1. The van der Waals surface area contributed by atoms with E-state index in [0.717, 1.165) is 13.0 Å². The highest BCUT2D eigenvalue weighted by molar-refractivity contribution is 5.84. The average molecular weight is 269 g/mol. The van der Waals surface area contributed by atoms with Gasteiger partial charge in [0.15, 0.2) is 0 Å². The monoisotopic (exact) mass is 269 g/mol. The molecule has 0 N–H and O–H groups in total. The van der Waals surface area contributed by atoms with Gasteiger partial charge in [0, 0.05) is 32.0 Å². The summed E-state index contributed by atoms with van der Waals surface area (Å²) in [5.74, 6) is 0.441. The zero-order valence-corrected chi connectivity index (χ0v) is 12.0. The summed E-state index contributed by atoms with van der Waals surface area (Å²) in [4.78, 5) is 25.7. The summed E-state index contributed by atoms with van der Waals surface area (Å²) in [5.41, 5.74) is -0.496. The molecule has 2 rings (SSSR count). The van der Waals surface area contributed by atoms with Crippen LogP contribution in [0.25, 0.3) is 0 Å². The molecule has 0 aromatic heterocycles. The molecule has 0 unspecified atom stereocenters. The molecule has 2 atom stereocenters. The van der Waals surface area contributed by atoms with Crippen LogP contribution < -0.4 is 0 Å². The van der Waals surface area contributed by atoms with Crippen LogP contribution >= 0.6 is 0 Å². The van der Waals surface area contributed by atoms with Gasteiger partial charge < -0.3 is 14.4 Å². The topological polar surface area (TPSA) is 55.8 Å². The van der Waals surface area contributed by atoms with Gasteiger partial charge in [-0.1, -0.05) is 0 Å². The largest absolute Gasteiger partial charge is 0.444 e. The van der Waals surface area contributed by atoms with Crippen molar-refractivity contribution < 1.29 is 19.1 Å². The van der Waals surface area contributed by atoms with Gasteiger partial charge in [0.25, 0.3) is 0 Å². The molecule has 0 aliphatic carbocycles. The summed E-state index contributed by atoms with van der Waals surface area (Å²) >= 11 is 0. The lowest BCUT2D eigenvalue weighted by Gasteiger charge is -2.35. The predicted molar refractivity (Wildman–Crippen MR) is 69.8 cm³/mol. The van der Waals surface area contributed by atoms with Gasteiger partial charge in [-0.15, -0.1) is 0 Å². The first-order valence-electron chi connectivity index (χ1n) is 6.95. The minimum Gasteiger partial charge on any atom is -0.444 e. The van der Waals surface area contributed by atoms with E-state index in [1.807, 2.05) is 20.8 Å². The van der Waals surface area contributed by atoms with Gasteiger partial charge in [0.2, 0.25) is 0 Å². The molecule has 2 fully saturated rings. The smallest absolute Gasteiger partial charge is 0.410 e. The number of carbonyl (C=O) groups is 2. The maximum absolute atomic E-state index is 12.0. The zero-order valence-electron chi connectivity index (χ0n) is 12.0. The van der Waals surface area contributed by atoms with Crippen LogP contribution in [0, 0.1) is 11.8 Å². The van der Waals surface area contributed by atoms with Crippen LogP contribution in [0.2, 0.25) is 0 Å². The third-order valence-corrected chi connectivity index (χ3v) is 3.64. The van der Waals surface area contributed by atoms with Gasteiger partial charge in [0.05, 0.1) is 6.61 Å². The molecule has 0 saturated carbocycles. The Hall–Kier alpha value is -1.10. The fourth-order valence-electron chi connectivity index (χ4n) is 2.64. The highest BCUT2D eigenvalue weighted by Gasteiger charge is 2.37. The van der Waals surface area contributed by atoms with Crippen LogP contribution in [-0.4, -0.2) is 48.7 Å². The Morgan fingerprint density at radius 3 is 2.74 bits per heavy atom. The lowest BCUT2D eigenvalue weighted by molar-refractivity contribution is -0.128. The SMILES string of the molecule is CC(C)(C)OC(=O)N1CCC(=O)[C@H]([C@@H]2CCOC2)C1. The maximum atomic E-state index is 12.0. The number of Topliss-reactive ketones (excluding diaryl/α,β-unsaturated/α-hetero) is 1. The number of likely N-dealkylation sites (tertiary alicyclic amines) is 1. The van der Waals surface area contributed by atoms with E-state index >= 15 is 0 Å². The molecule has 2 saturated heterocycles. The zero-order chi connectivity index (χ0) is 14.0. The van der Waals surface area contributed by atoms with E-state index in [2.05, 4.69) is 0 Å². The maximum Gasteiger partial charge on any atom is 0.410 e. The van der Waals surface area contributed by atoms with Crippen LogP contribution in [0.3, 0.4) is 0 Å². The number of amides is 1. The predicted octanol–water partition coefficient (Wildman–Crippen LogP) is 1.85. The summed E-state index contributed by atoms with van der Waals surface area (Å²) in [6.07, 6.45) is 1.03. The molecular weight excluding hydrogens is 246 g/mol. The van der Waals surface area contributed by atoms with Crippen molar-refractivity contribution in [1.29, 1.82) is 0 Å². The standard InChI is InChI=1S/C14H23NO4/c1-14(2,3)19-13(17)15-6-4-12(16)11(8-15)10-5-7-18-9-10/h10-11H,4-9H2,1-3H3/t10-,11+/m1/s1. The van der Waals surface area contributed by atoms with Gasteiger partial charge >= 0.3 is 6.09 Å². The average Bonchev–Trinajstić information content (AvgIpc) is 2.80. The fraction of sp³-hybridized carbons (Fsp3) is 0.857. The van der Waals surface area contributed by atoms with E-state index in [0.29, 0.717) is 26.1 Å². The van der Waals surface area contributed by atoms with E-state index in [1.165, 1.54) is 0 Å². The van der Waals surface area contributed by atoms with Crippen LogP contribution in [0.5, 0.6) is 0 Å². The normalized spacial score (nSPS) is 28.6. The Bertz CT molecular complexity index is 355. The molecule has 2 aliphatic rings. The van der Waals surface area contributed by atoms with Gasteiger partial charge in [-0.3, -0.25) is 4.79 Å². The van der Waals surface area contributed by atoms with E-state index in [-0.39, 0.29) is 23.7 Å². The molecule has 2 heterocycles. The quantitative estimate of drug-likeness (QED) is 0.729. The molecule has 0 aromatic carbocycles. The van der Waals surface area contributed by atoms with E-state index in [1.54, 1.807) is 4.90 Å². The number of piperidine rings is 1. The number of carbonyl (C=O) groups excluding carboxylic acids is 2. The molecular formula is C14H23NO4. The van der Waals surface area contributed by atoms with Gasteiger partial charge in [-0.2, -0.15) is 0 Å². The van der Waals surface area contributed by atoms with Gasteiger partial charge in [-0.05, 0) is 33.1 Å². The third kappa shape index (κ3) is 3.69. The lowest BCUT2D eigenvalue weighted by Crippen LogP contribution is -2.48. The molecule has 5 heteroatoms. The Balaban J connectivity index is 1.96. The third-order valence-electron chi connectivity index (χ3n) is 3.64. The molecule has 0 radical (unpaired) electrons. The second-order valence-corrected chi connectivity index (χ2v) is 6.37. The van der Waals surface area contributed by atoms with Crippen molar-refractivity contribution >= 4 is 11.9 Å². The number of ether oxygens (including phenoxy) is 2. The van der Waals surface area contributed by atoms with E-state index in [4.69, 9.17) is 9.47 Å². The molecule has 5 nitrogen and oxygen atoms in total. The molecule has 0 spiro atoms. The van der Waals surface area contributed by atoms with Gasteiger partial charge in [-0.25, -0.2) is 4.79 Å². The summed E-state index contributed by atoms with van der Waals surface area (Å²) in [6.45, 7) is 7.85. The first-order chi connectivity index (χ1) is 8.87. The van der Waals surface area contributed by atoms with Crippen LogP contribution in [-0.2, 0) is 14.3 Å². The van der Waals surface area contributed by atoms with Crippen LogP contribution in [0.1, 0.15) is 33.6 Å². The highest BCUT2D eigenvalue weighted by atomic mass is 16.6. The van der Waals surface area contributed by atoms with Crippen molar-refractivity contribution in [3.63, 3.8) is 0 Å². The summed E-state index contributed by atoms with van der Waals surface area (Å²) < 4.78 is 10.7. The Morgan fingerprint density at radius 2 is 2.16 bits per heavy atom. The van der Waals surface area contributed by atoms with Crippen LogP contribution in [0.15, 0.2) is 0 Å². The second-order valence-electron chi connectivity index (χ2n) is 6.37. The first-order valence-corrected chi connectivity index (χ1v) is 6.95. The fourth-order valence-corrected chi connectivity index (χ4v) is 2.64. The summed E-state index contributed by atoms with van der Waals surface area (Å²) in [6, 6.07) is 0. The van der Waals surface area contributed by atoms with Crippen LogP contribution in [0.4, 0.5) is 4.79 Å². The van der Waals surface area contributed by atoms with Crippen molar-refractivity contribution in [3.8, 4) is 0 Å². The molecule has 0 bridgehead atoms. The second kappa shape index (κ2) is 5.49. The van der Waals surface area contributed by atoms with Crippen molar-refractivity contribution in [2.75, 3.05) is 26.3 Å². The van der Waals surface area contributed by atoms with E-state index in [9.17, 15) is 9.59 Å². The molecule has 2 aliphatic heterocycles. The number of nitrogens with zero attached hydrogens (tertiary/aromatic N) is 1. The molecule has 1 amide bonds.